The summed E-state index contributed by atoms with van der Waals surface area (Å²) >= 11 is 0. The second kappa shape index (κ2) is 9.17. The van der Waals surface area contributed by atoms with E-state index in [4.69, 9.17) is 9.51 Å². The lowest BCUT2D eigenvalue weighted by Gasteiger charge is -2.30. The summed E-state index contributed by atoms with van der Waals surface area (Å²) in [6, 6.07) is 9.38. The highest BCUT2D eigenvalue weighted by atomic mass is 19.1. The number of halogens is 1. The predicted molar refractivity (Wildman–Crippen MR) is 135 cm³/mol. The first-order valence-corrected chi connectivity index (χ1v) is 12.1. The molecule has 1 saturated carbocycles. The van der Waals surface area contributed by atoms with Crippen LogP contribution in [0.2, 0.25) is 0 Å². The lowest BCUT2D eigenvalue weighted by molar-refractivity contribution is 0.0873. The summed E-state index contributed by atoms with van der Waals surface area (Å²) < 4.78 is 23.2. The van der Waals surface area contributed by atoms with Gasteiger partial charge in [-0.2, -0.15) is 0 Å². The molecular formula is C27H30FN5O2. The van der Waals surface area contributed by atoms with Crippen molar-refractivity contribution in [2.45, 2.75) is 58.2 Å². The molecule has 1 aromatic carbocycles. The van der Waals surface area contributed by atoms with Crippen LogP contribution in [0.15, 0.2) is 47.2 Å². The number of hydrogen-bond acceptors (Lipinski definition) is 4. The quantitative estimate of drug-likeness (QED) is 0.350. The third-order valence-corrected chi connectivity index (χ3v) is 6.92. The van der Waals surface area contributed by atoms with Gasteiger partial charge in [0.1, 0.15) is 11.4 Å². The van der Waals surface area contributed by atoms with Gasteiger partial charge in [0.15, 0.2) is 0 Å². The van der Waals surface area contributed by atoms with Gasteiger partial charge >= 0.3 is 6.03 Å². The van der Waals surface area contributed by atoms with Crippen molar-refractivity contribution in [3.05, 3.63) is 54.2 Å². The molecule has 1 aliphatic rings. The fourth-order valence-corrected chi connectivity index (χ4v) is 5.12. The van der Waals surface area contributed by atoms with Gasteiger partial charge in [0, 0.05) is 41.8 Å². The van der Waals surface area contributed by atoms with Crippen LogP contribution in [0.1, 0.15) is 43.6 Å². The third kappa shape index (κ3) is 4.52. The number of carbonyl (C=O) groups excluding carboxylic acids is 1. The monoisotopic (exact) mass is 475 g/mol. The molecule has 1 aliphatic carbocycles. The number of urea groups is 1. The van der Waals surface area contributed by atoms with E-state index in [1.54, 1.807) is 7.05 Å². The molecule has 3 aromatic heterocycles. The summed E-state index contributed by atoms with van der Waals surface area (Å²) in [5, 5.41) is 9.40. The van der Waals surface area contributed by atoms with Crippen molar-refractivity contribution in [1.82, 2.24) is 20.0 Å². The van der Waals surface area contributed by atoms with Gasteiger partial charge in [-0.3, -0.25) is 4.98 Å². The first-order chi connectivity index (χ1) is 16.9. The van der Waals surface area contributed by atoms with Gasteiger partial charge in [-0.25, -0.2) is 9.18 Å². The molecule has 0 radical (unpaired) electrons. The van der Waals surface area contributed by atoms with Crippen LogP contribution in [-0.2, 0) is 6.54 Å². The molecule has 5 rings (SSSR count). The highest BCUT2D eigenvalue weighted by Crippen LogP contribution is 2.38. The Kier molecular flexibility index (Phi) is 6.05. The number of alkyl halides is 1. The number of benzene rings is 1. The van der Waals surface area contributed by atoms with Gasteiger partial charge in [-0.15, -0.1) is 0 Å². The Bertz CT molecular complexity index is 1350. The maximum absolute atomic E-state index is 15.8. The fraction of sp³-hybridized carbons (Fsp3) is 0.370. The summed E-state index contributed by atoms with van der Waals surface area (Å²) in [4.78, 5) is 16.5. The zero-order valence-electron chi connectivity index (χ0n) is 20.3. The summed E-state index contributed by atoms with van der Waals surface area (Å²) in [5.41, 5.74) is 5.67. The van der Waals surface area contributed by atoms with Crippen molar-refractivity contribution >= 4 is 22.8 Å². The largest absolute Gasteiger partial charge is 0.361 e. The molecule has 0 spiro atoms. The molecule has 182 valence electrons. The number of fused-ring (bicyclic) bond motifs is 1. The van der Waals surface area contributed by atoms with E-state index in [1.165, 1.54) is 0 Å². The summed E-state index contributed by atoms with van der Waals surface area (Å²) in [6.45, 7) is 4.09. The Hall–Kier alpha value is -3.68. The van der Waals surface area contributed by atoms with Crippen LogP contribution in [0.4, 0.5) is 14.9 Å². The number of nitrogens with zero attached hydrogens (tertiary/aromatic N) is 3. The second-order valence-corrected chi connectivity index (χ2v) is 9.45. The molecule has 2 amide bonds. The van der Waals surface area contributed by atoms with E-state index in [9.17, 15) is 4.79 Å². The topological polar surface area (TPSA) is 85.0 Å². The van der Waals surface area contributed by atoms with Gasteiger partial charge < -0.3 is 19.7 Å². The standard InChI is InChI=1S/C27H30FN5O2/c1-17-24(18(2)35-32-17)20-13-23-25(30-14-20)22(15-33(23)16-27(28)11-5-4-6-12-27)19-7-9-21(10-8-19)31-26(34)29-3/h7-10,13-15H,4-6,11-12,16H2,1-3H3,(H2,29,31,34). The summed E-state index contributed by atoms with van der Waals surface area (Å²) in [5.74, 6) is 0.732. The van der Waals surface area contributed by atoms with Crippen LogP contribution in [0.3, 0.4) is 0 Å². The lowest BCUT2D eigenvalue weighted by Crippen LogP contribution is -2.31. The van der Waals surface area contributed by atoms with Gasteiger partial charge in [-0.05, 0) is 50.5 Å². The minimum atomic E-state index is -1.22. The Morgan fingerprint density at radius 2 is 1.89 bits per heavy atom. The summed E-state index contributed by atoms with van der Waals surface area (Å²) in [6.07, 6.45) is 7.94. The number of carbonyl (C=O) groups is 1. The number of amides is 2. The van der Waals surface area contributed by atoms with Gasteiger partial charge in [0.05, 0.1) is 23.3 Å². The van der Waals surface area contributed by atoms with E-state index in [0.29, 0.717) is 25.1 Å². The molecule has 1 fully saturated rings. The molecule has 4 aromatic rings. The number of anilines is 1. The highest BCUT2D eigenvalue weighted by Gasteiger charge is 2.33. The van der Waals surface area contributed by atoms with Crippen molar-refractivity contribution < 1.29 is 13.7 Å². The minimum absolute atomic E-state index is 0.274. The maximum atomic E-state index is 15.8. The number of aromatic nitrogens is 3. The first-order valence-electron chi connectivity index (χ1n) is 12.1. The molecule has 0 bridgehead atoms. The minimum Gasteiger partial charge on any atom is -0.361 e. The second-order valence-electron chi connectivity index (χ2n) is 9.45. The van der Waals surface area contributed by atoms with Crippen LogP contribution in [0.5, 0.6) is 0 Å². The fourth-order valence-electron chi connectivity index (χ4n) is 5.12. The average molecular weight is 476 g/mol. The lowest BCUT2D eigenvalue weighted by atomic mass is 9.86. The molecule has 35 heavy (non-hydrogen) atoms. The first kappa shape index (κ1) is 23.1. The Morgan fingerprint density at radius 1 is 1.14 bits per heavy atom. The average Bonchev–Trinajstić information content (AvgIpc) is 3.38. The molecule has 0 atom stereocenters. The maximum Gasteiger partial charge on any atom is 0.318 e. The van der Waals surface area contributed by atoms with Crippen LogP contribution < -0.4 is 10.6 Å². The van der Waals surface area contributed by atoms with Crippen LogP contribution in [0, 0.1) is 13.8 Å². The Balaban J connectivity index is 1.59. The van der Waals surface area contributed by atoms with Gasteiger partial charge in [-0.1, -0.05) is 36.6 Å². The SMILES string of the molecule is CNC(=O)Nc1ccc(-c2cn(CC3(F)CCCCC3)c3cc(-c4c(C)noc4C)cnc23)cc1. The van der Waals surface area contributed by atoms with Gasteiger partial charge in [0.25, 0.3) is 0 Å². The molecular weight excluding hydrogens is 445 g/mol. The number of pyridine rings is 1. The van der Waals surface area contributed by atoms with E-state index in [-0.39, 0.29) is 6.03 Å². The van der Waals surface area contributed by atoms with Crippen LogP contribution in [-0.4, -0.2) is 33.5 Å². The van der Waals surface area contributed by atoms with E-state index in [2.05, 4.69) is 21.9 Å². The van der Waals surface area contributed by atoms with Crippen molar-refractivity contribution in [2.75, 3.05) is 12.4 Å². The molecule has 7 nitrogen and oxygen atoms in total. The molecule has 2 N–H and O–H groups in total. The Morgan fingerprint density at radius 3 is 2.54 bits per heavy atom. The van der Waals surface area contributed by atoms with Crippen LogP contribution in [0.25, 0.3) is 33.3 Å². The van der Waals surface area contributed by atoms with E-state index in [1.807, 2.05) is 55.1 Å². The van der Waals surface area contributed by atoms with E-state index < -0.39 is 5.67 Å². The Labute approximate surface area is 203 Å². The smallest absolute Gasteiger partial charge is 0.318 e. The molecule has 3 heterocycles. The zero-order valence-corrected chi connectivity index (χ0v) is 20.3. The zero-order chi connectivity index (χ0) is 24.6. The number of hydrogen-bond donors (Lipinski definition) is 2. The van der Waals surface area contributed by atoms with Gasteiger partial charge in [0.2, 0.25) is 0 Å². The van der Waals surface area contributed by atoms with E-state index in [0.717, 1.165) is 64.0 Å². The predicted octanol–water partition coefficient (Wildman–Crippen LogP) is 6.40. The number of aryl methyl sites for hydroxylation is 2. The number of rotatable bonds is 5. The molecule has 0 aliphatic heterocycles. The summed E-state index contributed by atoms with van der Waals surface area (Å²) in [7, 11) is 1.57. The van der Waals surface area contributed by atoms with Crippen molar-refractivity contribution in [3.8, 4) is 22.3 Å². The molecule has 0 unspecified atom stereocenters. The third-order valence-electron chi connectivity index (χ3n) is 6.92. The van der Waals surface area contributed by atoms with Crippen molar-refractivity contribution in [1.29, 1.82) is 0 Å². The number of nitrogens with one attached hydrogen (secondary N) is 2. The van der Waals surface area contributed by atoms with Crippen LogP contribution >= 0.6 is 0 Å². The highest BCUT2D eigenvalue weighted by molar-refractivity contribution is 5.96. The van der Waals surface area contributed by atoms with Crippen molar-refractivity contribution in [3.63, 3.8) is 0 Å². The molecule has 8 heteroatoms. The normalized spacial score (nSPS) is 15.3. The molecule has 0 saturated heterocycles. The van der Waals surface area contributed by atoms with E-state index >= 15 is 4.39 Å². The van der Waals surface area contributed by atoms with Crippen molar-refractivity contribution in [2.24, 2.45) is 0 Å².